The Morgan fingerprint density at radius 2 is 2.18 bits per heavy atom. The Labute approximate surface area is 105 Å². The van der Waals surface area contributed by atoms with Crippen molar-refractivity contribution in [3.05, 3.63) is 52.7 Å². The minimum Gasteiger partial charge on any atom is -0.437 e. The second kappa shape index (κ2) is 5.17. The Kier molecular flexibility index (Phi) is 3.61. The number of pyridine rings is 1. The van der Waals surface area contributed by atoms with E-state index in [9.17, 15) is 0 Å². The maximum atomic E-state index is 9.16. The third kappa shape index (κ3) is 2.75. The fraction of sp³-hybridized carbons (Fsp3) is 0.154. The van der Waals surface area contributed by atoms with Crippen LogP contribution in [0.4, 0.5) is 0 Å². The highest BCUT2D eigenvalue weighted by molar-refractivity contribution is 6.32. The molecule has 0 aliphatic carbocycles. The molecule has 0 bridgehead atoms. The molecule has 0 spiro atoms. The highest BCUT2D eigenvalue weighted by Gasteiger charge is 2.07. The zero-order chi connectivity index (χ0) is 12.3. The summed E-state index contributed by atoms with van der Waals surface area (Å²) in [7, 11) is 0. The van der Waals surface area contributed by atoms with Crippen molar-refractivity contribution in [1.29, 1.82) is 0 Å². The molecule has 17 heavy (non-hydrogen) atoms. The molecule has 0 radical (unpaired) electrons. The van der Waals surface area contributed by atoms with E-state index in [1.807, 2.05) is 19.1 Å². The van der Waals surface area contributed by atoms with Crippen LogP contribution in [-0.4, -0.2) is 10.1 Å². The fourth-order valence-corrected chi connectivity index (χ4v) is 1.70. The average Bonchev–Trinajstić information content (AvgIpc) is 2.33. The van der Waals surface area contributed by atoms with Gasteiger partial charge in [-0.3, -0.25) is 0 Å². The van der Waals surface area contributed by atoms with Gasteiger partial charge in [-0.2, -0.15) is 0 Å². The third-order valence-corrected chi connectivity index (χ3v) is 2.61. The lowest BCUT2D eigenvalue weighted by Crippen LogP contribution is -1.94. The molecule has 0 atom stereocenters. The van der Waals surface area contributed by atoms with E-state index in [2.05, 4.69) is 4.98 Å². The second-order valence-corrected chi connectivity index (χ2v) is 4.07. The molecule has 0 saturated carbocycles. The molecule has 0 fully saturated rings. The average molecular weight is 250 g/mol. The van der Waals surface area contributed by atoms with Crippen molar-refractivity contribution in [3.8, 4) is 11.6 Å². The van der Waals surface area contributed by atoms with Gasteiger partial charge in [0.15, 0.2) is 0 Å². The number of halogens is 1. The van der Waals surface area contributed by atoms with Gasteiger partial charge in [-0.1, -0.05) is 17.7 Å². The molecule has 0 saturated heterocycles. The van der Waals surface area contributed by atoms with Crippen LogP contribution >= 0.6 is 11.6 Å². The topological polar surface area (TPSA) is 42.4 Å². The van der Waals surface area contributed by atoms with Gasteiger partial charge in [0.05, 0.1) is 11.6 Å². The first kappa shape index (κ1) is 11.9. The van der Waals surface area contributed by atoms with Crippen molar-refractivity contribution in [2.24, 2.45) is 0 Å². The molecule has 1 aromatic heterocycles. The minimum atomic E-state index is -0.118. The van der Waals surface area contributed by atoms with Gasteiger partial charge in [-0.05, 0) is 36.8 Å². The molecule has 1 aromatic carbocycles. The van der Waals surface area contributed by atoms with Crippen LogP contribution in [0.25, 0.3) is 0 Å². The van der Waals surface area contributed by atoms with Gasteiger partial charge in [-0.25, -0.2) is 4.98 Å². The molecule has 4 heteroatoms. The Bertz CT molecular complexity index is 529. The number of aliphatic hydroxyl groups is 1. The molecule has 0 aliphatic heterocycles. The number of aliphatic hydroxyl groups excluding tert-OH is 1. The lowest BCUT2D eigenvalue weighted by atomic mass is 10.2. The van der Waals surface area contributed by atoms with Crippen LogP contribution in [0.3, 0.4) is 0 Å². The standard InChI is InChI=1S/C13H12ClNO2/c1-9-4-5-12(11(14)7-9)17-13-10(8-16)3-2-6-15-13/h2-7,16H,8H2,1H3. The first-order valence-corrected chi connectivity index (χ1v) is 5.57. The van der Waals surface area contributed by atoms with Crippen LogP contribution < -0.4 is 4.74 Å². The highest BCUT2D eigenvalue weighted by atomic mass is 35.5. The molecule has 3 nitrogen and oxygen atoms in total. The van der Waals surface area contributed by atoms with E-state index in [-0.39, 0.29) is 6.61 Å². The quantitative estimate of drug-likeness (QED) is 0.907. The Balaban J connectivity index is 2.31. The van der Waals surface area contributed by atoms with Crippen LogP contribution in [0.15, 0.2) is 36.5 Å². The molecule has 1 N–H and O–H groups in total. The predicted molar refractivity (Wildman–Crippen MR) is 66.4 cm³/mol. The molecule has 1 heterocycles. The molecule has 2 aromatic rings. The summed E-state index contributed by atoms with van der Waals surface area (Å²) in [6.45, 7) is 1.84. The number of ether oxygens (including phenoxy) is 1. The minimum absolute atomic E-state index is 0.118. The van der Waals surface area contributed by atoms with Crippen LogP contribution in [0.2, 0.25) is 5.02 Å². The number of benzene rings is 1. The summed E-state index contributed by atoms with van der Waals surface area (Å²) in [6, 6.07) is 9.01. The van der Waals surface area contributed by atoms with Crippen molar-refractivity contribution >= 4 is 11.6 Å². The Morgan fingerprint density at radius 3 is 2.88 bits per heavy atom. The normalized spacial score (nSPS) is 10.3. The van der Waals surface area contributed by atoms with E-state index in [4.69, 9.17) is 21.4 Å². The lowest BCUT2D eigenvalue weighted by Gasteiger charge is -2.09. The summed E-state index contributed by atoms with van der Waals surface area (Å²) < 4.78 is 5.58. The molecule has 0 amide bonds. The summed E-state index contributed by atoms with van der Waals surface area (Å²) in [5.41, 5.74) is 1.69. The summed E-state index contributed by atoms with van der Waals surface area (Å²) in [6.07, 6.45) is 1.61. The van der Waals surface area contributed by atoms with Crippen molar-refractivity contribution in [3.63, 3.8) is 0 Å². The molecule has 0 aliphatic rings. The van der Waals surface area contributed by atoms with Crippen LogP contribution in [0.5, 0.6) is 11.6 Å². The maximum absolute atomic E-state index is 9.16. The number of aromatic nitrogens is 1. The Hall–Kier alpha value is -1.58. The van der Waals surface area contributed by atoms with Crippen molar-refractivity contribution < 1.29 is 9.84 Å². The van der Waals surface area contributed by atoms with Crippen molar-refractivity contribution in [2.75, 3.05) is 0 Å². The van der Waals surface area contributed by atoms with Crippen molar-refractivity contribution in [1.82, 2.24) is 4.98 Å². The van der Waals surface area contributed by atoms with Gasteiger partial charge in [0.2, 0.25) is 5.88 Å². The van der Waals surface area contributed by atoms with E-state index in [0.717, 1.165) is 5.56 Å². The largest absolute Gasteiger partial charge is 0.437 e. The number of hydrogen-bond donors (Lipinski definition) is 1. The molecule has 0 unspecified atom stereocenters. The summed E-state index contributed by atoms with van der Waals surface area (Å²) in [5.74, 6) is 0.909. The van der Waals surface area contributed by atoms with Crippen LogP contribution in [0.1, 0.15) is 11.1 Å². The van der Waals surface area contributed by atoms with Gasteiger partial charge in [0.25, 0.3) is 0 Å². The van der Waals surface area contributed by atoms with E-state index < -0.39 is 0 Å². The van der Waals surface area contributed by atoms with Gasteiger partial charge in [-0.15, -0.1) is 0 Å². The van der Waals surface area contributed by atoms with Gasteiger partial charge >= 0.3 is 0 Å². The van der Waals surface area contributed by atoms with E-state index in [1.165, 1.54) is 0 Å². The highest BCUT2D eigenvalue weighted by Crippen LogP contribution is 2.30. The third-order valence-electron chi connectivity index (χ3n) is 2.31. The summed E-state index contributed by atoms with van der Waals surface area (Å²) >= 11 is 6.06. The van der Waals surface area contributed by atoms with Crippen molar-refractivity contribution in [2.45, 2.75) is 13.5 Å². The smallest absolute Gasteiger partial charge is 0.224 e. The first-order chi connectivity index (χ1) is 8.20. The van der Waals surface area contributed by atoms with Crippen LogP contribution in [-0.2, 0) is 6.61 Å². The SMILES string of the molecule is Cc1ccc(Oc2ncccc2CO)c(Cl)c1. The van der Waals surface area contributed by atoms with E-state index in [0.29, 0.717) is 22.2 Å². The van der Waals surface area contributed by atoms with E-state index >= 15 is 0 Å². The number of hydrogen-bond acceptors (Lipinski definition) is 3. The van der Waals surface area contributed by atoms with E-state index in [1.54, 1.807) is 24.4 Å². The number of nitrogens with zero attached hydrogens (tertiary/aromatic N) is 1. The monoisotopic (exact) mass is 249 g/mol. The predicted octanol–water partition coefficient (Wildman–Crippen LogP) is 3.33. The Morgan fingerprint density at radius 1 is 1.35 bits per heavy atom. The maximum Gasteiger partial charge on any atom is 0.224 e. The zero-order valence-corrected chi connectivity index (χ0v) is 10.1. The first-order valence-electron chi connectivity index (χ1n) is 5.19. The molecule has 2 rings (SSSR count). The molecule has 88 valence electrons. The summed E-state index contributed by atoms with van der Waals surface area (Å²) in [5, 5.41) is 9.68. The van der Waals surface area contributed by atoms with Gasteiger partial charge < -0.3 is 9.84 Å². The lowest BCUT2D eigenvalue weighted by molar-refractivity contribution is 0.275. The number of rotatable bonds is 3. The van der Waals surface area contributed by atoms with Gasteiger partial charge in [0.1, 0.15) is 5.75 Å². The molecular formula is C13H12ClNO2. The molecular weight excluding hydrogens is 238 g/mol. The second-order valence-electron chi connectivity index (χ2n) is 3.66. The fourth-order valence-electron chi connectivity index (χ4n) is 1.43. The summed E-state index contributed by atoms with van der Waals surface area (Å²) in [4.78, 5) is 4.07. The number of aryl methyl sites for hydroxylation is 1. The van der Waals surface area contributed by atoms with Crippen LogP contribution in [0, 0.1) is 6.92 Å². The van der Waals surface area contributed by atoms with Gasteiger partial charge in [0, 0.05) is 11.8 Å². The zero-order valence-electron chi connectivity index (χ0n) is 9.35.